The van der Waals surface area contributed by atoms with Gasteiger partial charge in [0.05, 0.1) is 10.5 Å². The number of hydrogen-bond acceptors (Lipinski definition) is 3. The third kappa shape index (κ3) is 2.77. The van der Waals surface area contributed by atoms with E-state index in [0.717, 1.165) is 10.9 Å². The van der Waals surface area contributed by atoms with E-state index >= 15 is 0 Å². The van der Waals surface area contributed by atoms with Crippen LogP contribution >= 0.6 is 34.8 Å². The van der Waals surface area contributed by atoms with Crippen molar-refractivity contribution >= 4 is 51.5 Å². The van der Waals surface area contributed by atoms with Crippen LogP contribution in [0, 0.1) is 0 Å². The van der Waals surface area contributed by atoms with Crippen molar-refractivity contribution < 1.29 is 0 Å². The molecule has 0 bridgehead atoms. The standard InChI is InChI=1S/C15H10Cl3N3/c1-19-15-11-6-10(17)7-12(18)13(11)20-14(21-15)8-3-2-4-9(16)5-8/h2-7H,1H3,(H,19,20,21). The molecule has 3 rings (SSSR count). The van der Waals surface area contributed by atoms with Gasteiger partial charge in [0.1, 0.15) is 5.82 Å². The van der Waals surface area contributed by atoms with Gasteiger partial charge in [-0.3, -0.25) is 0 Å². The second kappa shape index (κ2) is 5.68. The van der Waals surface area contributed by atoms with Crippen molar-refractivity contribution in [2.45, 2.75) is 0 Å². The Morgan fingerprint density at radius 3 is 2.48 bits per heavy atom. The summed E-state index contributed by atoms with van der Waals surface area (Å²) in [5.41, 5.74) is 1.47. The van der Waals surface area contributed by atoms with Crippen molar-refractivity contribution in [3.8, 4) is 11.4 Å². The smallest absolute Gasteiger partial charge is 0.162 e. The van der Waals surface area contributed by atoms with Crippen molar-refractivity contribution in [1.29, 1.82) is 0 Å². The van der Waals surface area contributed by atoms with Crippen LogP contribution in [0.25, 0.3) is 22.3 Å². The van der Waals surface area contributed by atoms with Crippen LogP contribution in [0.5, 0.6) is 0 Å². The molecule has 2 aromatic carbocycles. The maximum atomic E-state index is 6.25. The fourth-order valence-corrected chi connectivity index (χ4v) is 2.83. The molecule has 21 heavy (non-hydrogen) atoms. The minimum Gasteiger partial charge on any atom is -0.373 e. The van der Waals surface area contributed by atoms with Gasteiger partial charge in [-0.2, -0.15) is 0 Å². The van der Waals surface area contributed by atoms with Crippen LogP contribution in [0.15, 0.2) is 36.4 Å². The number of hydrogen-bond donors (Lipinski definition) is 1. The molecule has 1 heterocycles. The Bertz CT molecular complexity index is 834. The van der Waals surface area contributed by atoms with Crippen LogP contribution in [0.3, 0.4) is 0 Å². The molecule has 3 nitrogen and oxygen atoms in total. The molecule has 0 spiro atoms. The summed E-state index contributed by atoms with van der Waals surface area (Å²) in [6.07, 6.45) is 0. The van der Waals surface area contributed by atoms with E-state index in [1.54, 1.807) is 25.2 Å². The van der Waals surface area contributed by atoms with E-state index in [0.29, 0.717) is 32.2 Å². The summed E-state index contributed by atoms with van der Waals surface area (Å²) in [7, 11) is 1.79. The van der Waals surface area contributed by atoms with E-state index < -0.39 is 0 Å². The van der Waals surface area contributed by atoms with Gasteiger partial charge in [-0.15, -0.1) is 0 Å². The zero-order chi connectivity index (χ0) is 15.0. The van der Waals surface area contributed by atoms with Gasteiger partial charge in [-0.25, -0.2) is 9.97 Å². The molecule has 0 unspecified atom stereocenters. The Hall–Kier alpha value is -1.55. The number of aromatic nitrogens is 2. The summed E-state index contributed by atoms with van der Waals surface area (Å²) >= 11 is 18.3. The van der Waals surface area contributed by atoms with E-state index in [9.17, 15) is 0 Å². The highest BCUT2D eigenvalue weighted by Gasteiger charge is 2.12. The lowest BCUT2D eigenvalue weighted by Crippen LogP contribution is -1.99. The molecule has 0 radical (unpaired) electrons. The zero-order valence-corrected chi connectivity index (χ0v) is 13.3. The van der Waals surface area contributed by atoms with Gasteiger partial charge in [0.2, 0.25) is 0 Å². The van der Waals surface area contributed by atoms with Crippen LogP contribution in [0.4, 0.5) is 5.82 Å². The van der Waals surface area contributed by atoms with Crippen LogP contribution < -0.4 is 5.32 Å². The van der Waals surface area contributed by atoms with Gasteiger partial charge in [0, 0.05) is 28.0 Å². The lowest BCUT2D eigenvalue weighted by molar-refractivity contribution is 1.21. The monoisotopic (exact) mass is 337 g/mol. The Balaban J connectivity index is 2.31. The van der Waals surface area contributed by atoms with Crippen molar-refractivity contribution in [3.05, 3.63) is 51.5 Å². The Morgan fingerprint density at radius 2 is 1.76 bits per heavy atom. The summed E-state index contributed by atoms with van der Waals surface area (Å²) in [6, 6.07) is 10.8. The highest BCUT2D eigenvalue weighted by atomic mass is 35.5. The SMILES string of the molecule is CNc1nc(-c2cccc(Cl)c2)nc2c(Cl)cc(Cl)cc12. The maximum absolute atomic E-state index is 6.25. The normalized spacial score (nSPS) is 10.9. The molecular weight excluding hydrogens is 329 g/mol. The van der Waals surface area contributed by atoms with Crippen molar-refractivity contribution in [3.63, 3.8) is 0 Å². The number of halogens is 3. The number of fused-ring (bicyclic) bond motifs is 1. The summed E-state index contributed by atoms with van der Waals surface area (Å²) in [4.78, 5) is 9.05. The number of benzene rings is 2. The number of nitrogens with zero attached hydrogens (tertiary/aromatic N) is 2. The Morgan fingerprint density at radius 1 is 0.952 bits per heavy atom. The van der Waals surface area contributed by atoms with Gasteiger partial charge in [-0.1, -0.05) is 46.9 Å². The van der Waals surface area contributed by atoms with Crippen LogP contribution in [0.2, 0.25) is 15.1 Å². The molecule has 0 atom stereocenters. The van der Waals surface area contributed by atoms with E-state index in [1.165, 1.54) is 0 Å². The van der Waals surface area contributed by atoms with E-state index in [-0.39, 0.29) is 0 Å². The molecule has 1 aromatic heterocycles. The van der Waals surface area contributed by atoms with Gasteiger partial charge >= 0.3 is 0 Å². The third-order valence-corrected chi connectivity index (χ3v) is 3.78. The Labute approximate surface area is 136 Å². The summed E-state index contributed by atoms with van der Waals surface area (Å²) in [6.45, 7) is 0. The molecule has 0 aliphatic rings. The average molecular weight is 339 g/mol. The average Bonchev–Trinajstić information content (AvgIpc) is 2.46. The summed E-state index contributed by atoms with van der Waals surface area (Å²) in [5, 5.41) is 5.49. The molecule has 6 heteroatoms. The first-order valence-electron chi connectivity index (χ1n) is 6.19. The lowest BCUT2D eigenvalue weighted by Gasteiger charge is -2.10. The Kier molecular flexibility index (Phi) is 3.89. The molecule has 1 N–H and O–H groups in total. The minimum atomic E-state index is 0.486. The molecule has 0 aliphatic carbocycles. The topological polar surface area (TPSA) is 37.8 Å². The highest BCUT2D eigenvalue weighted by molar-refractivity contribution is 6.38. The maximum Gasteiger partial charge on any atom is 0.162 e. The molecule has 106 valence electrons. The first-order chi connectivity index (χ1) is 10.1. The first-order valence-corrected chi connectivity index (χ1v) is 7.32. The molecule has 3 aromatic rings. The van der Waals surface area contributed by atoms with Crippen molar-refractivity contribution in [2.75, 3.05) is 12.4 Å². The van der Waals surface area contributed by atoms with Gasteiger partial charge in [0.15, 0.2) is 5.82 Å². The van der Waals surface area contributed by atoms with E-state index in [4.69, 9.17) is 34.8 Å². The van der Waals surface area contributed by atoms with Crippen LogP contribution in [0.1, 0.15) is 0 Å². The van der Waals surface area contributed by atoms with E-state index in [1.807, 2.05) is 18.2 Å². The second-order valence-corrected chi connectivity index (χ2v) is 5.72. The molecule has 0 amide bonds. The molecule has 0 saturated carbocycles. The zero-order valence-electron chi connectivity index (χ0n) is 11.0. The largest absolute Gasteiger partial charge is 0.373 e. The number of nitrogens with one attached hydrogen (secondary N) is 1. The third-order valence-electron chi connectivity index (χ3n) is 3.04. The molecule has 0 aliphatic heterocycles. The predicted molar refractivity (Wildman–Crippen MR) is 89.6 cm³/mol. The fraction of sp³-hybridized carbons (Fsp3) is 0.0667. The van der Waals surface area contributed by atoms with Crippen molar-refractivity contribution in [2.24, 2.45) is 0 Å². The summed E-state index contributed by atoms with van der Waals surface area (Å²) < 4.78 is 0. The predicted octanol–water partition coefficient (Wildman–Crippen LogP) is 5.30. The van der Waals surface area contributed by atoms with Gasteiger partial charge < -0.3 is 5.32 Å². The fourth-order valence-electron chi connectivity index (χ4n) is 2.10. The summed E-state index contributed by atoms with van der Waals surface area (Å²) in [5.74, 6) is 1.22. The first kappa shape index (κ1) is 14.4. The van der Waals surface area contributed by atoms with Crippen LogP contribution in [-0.4, -0.2) is 17.0 Å². The second-order valence-electron chi connectivity index (χ2n) is 4.44. The van der Waals surface area contributed by atoms with Crippen LogP contribution in [-0.2, 0) is 0 Å². The minimum absolute atomic E-state index is 0.486. The molecule has 0 saturated heterocycles. The lowest BCUT2D eigenvalue weighted by atomic mass is 10.2. The van der Waals surface area contributed by atoms with Crippen molar-refractivity contribution in [1.82, 2.24) is 9.97 Å². The van der Waals surface area contributed by atoms with E-state index in [2.05, 4.69) is 15.3 Å². The molecular formula is C15H10Cl3N3. The number of rotatable bonds is 2. The van der Waals surface area contributed by atoms with Gasteiger partial charge in [0.25, 0.3) is 0 Å². The molecule has 0 fully saturated rings. The quantitative estimate of drug-likeness (QED) is 0.689. The highest BCUT2D eigenvalue weighted by Crippen LogP contribution is 2.32. The van der Waals surface area contributed by atoms with Gasteiger partial charge in [-0.05, 0) is 24.3 Å². The number of anilines is 1.